The van der Waals surface area contributed by atoms with Crippen LogP contribution in [0.2, 0.25) is 0 Å². The molecule has 0 aromatic carbocycles. The van der Waals surface area contributed by atoms with Crippen molar-refractivity contribution in [1.29, 1.82) is 0 Å². The third-order valence-corrected chi connectivity index (χ3v) is 3.31. The van der Waals surface area contributed by atoms with E-state index in [9.17, 15) is 0 Å². The average molecular weight is 388 g/mol. The van der Waals surface area contributed by atoms with Crippen molar-refractivity contribution in [1.82, 2.24) is 15.5 Å². The molecule has 0 heterocycles. The number of nitrogens with zero attached hydrogens (tertiary/aromatic N) is 2. The standard InChI is InChI=1S/C12H28N4S.HI/c1-5-16(3)10-9-15-12(13-2)14-8-6-7-11-17-4;/h5-11H2,1-4H3,(H2,13,14,15);1H. The third kappa shape index (κ3) is 12.8. The molecule has 0 saturated heterocycles. The van der Waals surface area contributed by atoms with E-state index in [1.807, 2.05) is 18.8 Å². The highest BCUT2D eigenvalue weighted by Crippen LogP contribution is 1.97. The van der Waals surface area contributed by atoms with Gasteiger partial charge < -0.3 is 15.5 Å². The van der Waals surface area contributed by atoms with Crippen molar-refractivity contribution >= 4 is 41.7 Å². The number of hydrogen-bond donors (Lipinski definition) is 2. The van der Waals surface area contributed by atoms with E-state index >= 15 is 0 Å². The van der Waals surface area contributed by atoms with E-state index in [-0.39, 0.29) is 24.0 Å². The fraction of sp³-hybridized carbons (Fsp3) is 0.917. The molecule has 6 heteroatoms. The Bertz CT molecular complexity index is 203. The van der Waals surface area contributed by atoms with E-state index < -0.39 is 0 Å². The first-order valence-corrected chi connectivity index (χ1v) is 7.76. The summed E-state index contributed by atoms with van der Waals surface area (Å²) in [4.78, 5) is 6.48. The first-order valence-electron chi connectivity index (χ1n) is 6.36. The van der Waals surface area contributed by atoms with Gasteiger partial charge in [-0.15, -0.1) is 24.0 Å². The molecule has 0 aromatic heterocycles. The zero-order valence-corrected chi connectivity index (χ0v) is 15.3. The Hall–Kier alpha value is 0.310. The van der Waals surface area contributed by atoms with Gasteiger partial charge in [-0.25, -0.2) is 0 Å². The maximum Gasteiger partial charge on any atom is 0.191 e. The van der Waals surface area contributed by atoms with Crippen LogP contribution in [0.15, 0.2) is 4.99 Å². The highest BCUT2D eigenvalue weighted by Gasteiger charge is 1.98. The largest absolute Gasteiger partial charge is 0.356 e. The second-order valence-electron chi connectivity index (χ2n) is 4.02. The van der Waals surface area contributed by atoms with Gasteiger partial charge in [0, 0.05) is 26.7 Å². The number of likely N-dealkylation sites (N-methyl/N-ethyl adjacent to an activating group) is 1. The molecular weight excluding hydrogens is 359 g/mol. The minimum Gasteiger partial charge on any atom is -0.356 e. The van der Waals surface area contributed by atoms with Crippen molar-refractivity contribution in [3.05, 3.63) is 0 Å². The Morgan fingerprint density at radius 2 is 1.89 bits per heavy atom. The van der Waals surface area contributed by atoms with Gasteiger partial charge in [0.05, 0.1) is 0 Å². The zero-order valence-electron chi connectivity index (χ0n) is 12.2. The van der Waals surface area contributed by atoms with Crippen LogP contribution >= 0.6 is 35.7 Å². The van der Waals surface area contributed by atoms with E-state index in [2.05, 4.69) is 40.8 Å². The fourth-order valence-corrected chi connectivity index (χ4v) is 1.81. The minimum absolute atomic E-state index is 0. The Morgan fingerprint density at radius 3 is 2.44 bits per heavy atom. The number of guanidine groups is 1. The van der Waals surface area contributed by atoms with Crippen LogP contribution in [0.3, 0.4) is 0 Å². The molecule has 18 heavy (non-hydrogen) atoms. The van der Waals surface area contributed by atoms with Gasteiger partial charge in [-0.1, -0.05) is 6.92 Å². The maximum absolute atomic E-state index is 4.20. The molecule has 0 atom stereocenters. The molecule has 0 aliphatic rings. The SMILES string of the molecule is CCN(C)CCNC(=NC)NCCCCSC.I. The quantitative estimate of drug-likeness (QED) is 0.274. The maximum atomic E-state index is 4.20. The molecule has 0 saturated carbocycles. The normalized spacial score (nSPS) is 11.3. The molecule has 0 aliphatic heterocycles. The predicted octanol–water partition coefficient (Wildman–Crippen LogP) is 1.86. The summed E-state index contributed by atoms with van der Waals surface area (Å²) in [7, 11) is 3.95. The molecule has 0 fully saturated rings. The van der Waals surface area contributed by atoms with Crippen molar-refractivity contribution in [2.24, 2.45) is 4.99 Å². The summed E-state index contributed by atoms with van der Waals surface area (Å²) in [6.45, 7) is 6.24. The lowest BCUT2D eigenvalue weighted by Gasteiger charge is -2.16. The van der Waals surface area contributed by atoms with Crippen LogP contribution in [0, 0.1) is 0 Å². The van der Waals surface area contributed by atoms with Crippen LogP contribution in [0.4, 0.5) is 0 Å². The molecule has 0 spiro atoms. The first-order chi connectivity index (χ1) is 8.24. The topological polar surface area (TPSA) is 39.7 Å². The van der Waals surface area contributed by atoms with Crippen LogP contribution in [0.1, 0.15) is 19.8 Å². The number of aliphatic imine (C=N–C) groups is 1. The Kier molecular flexibility index (Phi) is 17.6. The van der Waals surface area contributed by atoms with Crippen molar-refractivity contribution in [2.75, 3.05) is 52.3 Å². The number of hydrogen-bond acceptors (Lipinski definition) is 3. The van der Waals surface area contributed by atoms with Crippen molar-refractivity contribution in [2.45, 2.75) is 19.8 Å². The van der Waals surface area contributed by atoms with Crippen molar-refractivity contribution in [3.63, 3.8) is 0 Å². The van der Waals surface area contributed by atoms with Gasteiger partial charge in [0.2, 0.25) is 0 Å². The second kappa shape index (κ2) is 15.4. The first kappa shape index (κ1) is 20.6. The lowest BCUT2D eigenvalue weighted by molar-refractivity contribution is 0.357. The molecule has 0 aromatic rings. The molecule has 0 unspecified atom stereocenters. The molecule has 0 aliphatic carbocycles. The zero-order chi connectivity index (χ0) is 12.9. The number of unbranched alkanes of at least 4 members (excludes halogenated alkanes) is 1. The van der Waals surface area contributed by atoms with E-state index in [4.69, 9.17) is 0 Å². The smallest absolute Gasteiger partial charge is 0.191 e. The molecular formula is C12H29IN4S. The van der Waals surface area contributed by atoms with Crippen LogP contribution in [-0.4, -0.2) is 63.1 Å². The fourth-order valence-electron chi connectivity index (χ4n) is 1.32. The van der Waals surface area contributed by atoms with Crippen LogP contribution in [0.5, 0.6) is 0 Å². The van der Waals surface area contributed by atoms with E-state index in [0.29, 0.717) is 0 Å². The van der Waals surface area contributed by atoms with Gasteiger partial charge in [0.15, 0.2) is 5.96 Å². The highest BCUT2D eigenvalue weighted by molar-refractivity contribution is 14.0. The molecule has 2 N–H and O–H groups in total. The Labute approximate surface area is 134 Å². The lowest BCUT2D eigenvalue weighted by atomic mass is 10.3. The molecule has 0 bridgehead atoms. The second-order valence-corrected chi connectivity index (χ2v) is 5.01. The summed E-state index contributed by atoms with van der Waals surface area (Å²) in [5.74, 6) is 2.16. The lowest BCUT2D eigenvalue weighted by Crippen LogP contribution is -2.41. The average Bonchev–Trinajstić information content (AvgIpc) is 2.36. The van der Waals surface area contributed by atoms with Gasteiger partial charge in [0.25, 0.3) is 0 Å². The Morgan fingerprint density at radius 1 is 1.22 bits per heavy atom. The third-order valence-electron chi connectivity index (χ3n) is 2.62. The van der Waals surface area contributed by atoms with E-state index in [0.717, 1.165) is 32.1 Å². The van der Waals surface area contributed by atoms with Crippen LogP contribution in [-0.2, 0) is 0 Å². The van der Waals surface area contributed by atoms with Gasteiger partial charge >= 0.3 is 0 Å². The Balaban J connectivity index is 0. The monoisotopic (exact) mass is 388 g/mol. The highest BCUT2D eigenvalue weighted by atomic mass is 127. The number of halogens is 1. The molecule has 0 rings (SSSR count). The van der Waals surface area contributed by atoms with Gasteiger partial charge in [-0.3, -0.25) is 4.99 Å². The summed E-state index contributed by atoms with van der Waals surface area (Å²) in [6, 6.07) is 0. The number of rotatable bonds is 9. The van der Waals surface area contributed by atoms with Gasteiger partial charge in [-0.2, -0.15) is 11.8 Å². The van der Waals surface area contributed by atoms with E-state index in [1.165, 1.54) is 18.6 Å². The van der Waals surface area contributed by atoms with Gasteiger partial charge in [0.1, 0.15) is 0 Å². The minimum atomic E-state index is 0. The molecule has 0 radical (unpaired) electrons. The molecule has 4 nitrogen and oxygen atoms in total. The van der Waals surface area contributed by atoms with Crippen molar-refractivity contribution < 1.29 is 0 Å². The molecule has 0 amide bonds. The molecule has 110 valence electrons. The van der Waals surface area contributed by atoms with Crippen LogP contribution in [0.25, 0.3) is 0 Å². The number of thioether (sulfide) groups is 1. The van der Waals surface area contributed by atoms with Crippen molar-refractivity contribution in [3.8, 4) is 0 Å². The summed E-state index contributed by atoms with van der Waals surface area (Å²) in [5, 5.41) is 6.65. The predicted molar refractivity (Wildman–Crippen MR) is 95.6 cm³/mol. The summed E-state index contributed by atoms with van der Waals surface area (Å²) in [5.41, 5.74) is 0. The van der Waals surface area contributed by atoms with E-state index in [1.54, 1.807) is 0 Å². The summed E-state index contributed by atoms with van der Waals surface area (Å²) < 4.78 is 0. The number of nitrogens with one attached hydrogen (secondary N) is 2. The summed E-state index contributed by atoms with van der Waals surface area (Å²) in [6.07, 6.45) is 4.62. The summed E-state index contributed by atoms with van der Waals surface area (Å²) >= 11 is 1.91. The van der Waals surface area contributed by atoms with Gasteiger partial charge in [-0.05, 0) is 38.4 Å². The van der Waals surface area contributed by atoms with Crippen LogP contribution < -0.4 is 10.6 Å².